The van der Waals surface area contributed by atoms with Crippen LogP contribution in [0.15, 0.2) is 48.5 Å². The Morgan fingerprint density at radius 3 is 2.62 bits per heavy atom. The van der Waals surface area contributed by atoms with E-state index in [9.17, 15) is 4.79 Å². The molecule has 1 saturated heterocycles. The highest BCUT2D eigenvalue weighted by Gasteiger charge is 2.15. The normalized spacial score (nSPS) is 14.3. The fraction of sp³-hybridized carbons (Fsp3) is 0.381. The van der Waals surface area contributed by atoms with Gasteiger partial charge in [-0.3, -0.25) is 4.79 Å². The van der Waals surface area contributed by atoms with Crippen LogP contribution in [0.4, 0.5) is 11.4 Å². The predicted octanol–water partition coefficient (Wildman–Crippen LogP) is 2.95. The highest BCUT2D eigenvalue weighted by atomic mass is 16.5. The Labute approximate surface area is 155 Å². The maximum Gasteiger partial charge on any atom is 0.225 e. The van der Waals surface area contributed by atoms with E-state index in [4.69, 9.17) is 4.74 Å². The Morgan fingerprint density at radius 2 is 1.81 bits per heavy atom. The number of hydrogen-bond acceptors (Lipinski definition) is 4. The molecule has 1 amide bonds. The number of amides is 1. The zero-order valence-corrected chi connectivity index (χ0v) is 15.3. The van der Waals surface area contributed by atoms with Gasteiger partial charge in [0, 0.05) is 32.6 Å². The van der Waals surface area contributed by atoms with Gasteiger partial charge in [-0.05, 0) is 30.2 Å². The second-order valence-electron chi connectivity index (χ2n) is 6.52. The average molecular weight is 353 g/mol. The molecule has 0 spiro atoms. The lowest BCUT2D eigenvalue weighted by atomic mass is 10.1. The van der Waals surface area contributed by atoms with Crippen LogP contribution in [0.1, 0.15) is 17.5 Å². The van der Waals surface area contributed by atoms with Gasteiger partial charge >= 0.3 is 0 Å². The van der Waals surface area contributed by atoms with E-state index >= 15 is 0 Å². The van der Waals surface area contributed by atoms with Crippen LogP contribution in [-0.2, 0) is 16.1 Å². The summed E-state index contributed by atoms with van der Waals surface area (Å²) in [6.45, 7) is 6.70. The van der Waals surface area contributed by atoms with Crippen LogP contribution in [0.3, 0.4) is 0 Å². The van der Waals surface area contributed by atoms with Gasteiger partial charge in [0.1, 0.15) is 0 Å². The highest BCUT2D eigenvalue weighted by Crippen LogP contribution is 2.26. The molecule has 2 N–H and O–H groups in total. The van der Waals surface area contributed by atoms with E-state index in [1.807, 2.05) is 30.3 Å². The summed E-state index contributed by atoms with van der Waals surface area (Å²) in [5.41, 5.74) is 4.48. The highest BCUT2D eigenvalue weighted by molar-refractivity contribution is 5.94. The summed E-state index contributed by atoms with van der Waals surface area (Å²) in [5, 5.41) is 6.41. The number of morpholine rings is 1. The van der Waals surface area contributed by atoms with Gasteiger partial charge in [0.05, 0.1) is 24.6 Å². The fourth-order valence-corrected chi connectivity index (χ4v) is 3.11. The van der Waals surface area contributed by atoms with Crippen molar-refractivity contribution in [2.45, 2.75) is 19.9 Å². The molecule has 0 saturated carbocycles. The first-order valence-electron chi connectivity index (χ1n) is 9.21. The molecule has 0 atom stereocenters. The van der Waals surface area contributed by atoms with E-state index in [0.717, 1.165) is 44.2 Å². The van der Waals surface area contributed by atoms with Crippen molar-refractivity contribution in [1.29, 1.82) is 0 Å². The summed E-state index contributed by atoms with van der Waals surface area (Å²) in [4.78, 5) is 14.6. The lowest BCUT2D eigenvalue weighted by molar-refractivity contribution is -0.116. The molecular weight excluding hydrogens is 326 g/mol. The number of nitrogens with one attached hydrogen (secondary N) is 2. The number of rotatable bonds is 7. The largest absolute Gasteiger partial charge is 0.378 e. The molecule has 0 aromatic heterocycles. The molecule has 1 heterocycles. The average Bonchev–Trinajstić information content (AvgIpc) is 2.68. The predicted molar refractivity (Wildman–Crippen MR) is 106 cm³/mol. The molecule has 0 bridgehead atoms. The first kappa shape index (κ1) is 18.4. The Balaban J connectivity index is 1.48. The molecule has 0 aliphatic carbocycles. The van der Waals surface area contributed by atoms with Gasteiger partial charge in [-0.2, -0.15) is 0 Å². The zero-order valence-electron chi connectivity index (χ0n) is 15.3. The minimum Gasteiger partial charge on any atom is -0.378 e. The minimum atomic E-state index is 0.0305. The van der Waals surface area contributed by atoms with Gasteiger partial charge in [0.15, 0.2) is 0 Å². The molecule has 5 heteroatoms. The van der Waals surface area contributed by atoms with E-state index in [2.05, 4.69) is 40.7 Å². The Kier molecular flexibility index (Phi) is 6.63. The van der Waals surface area contributed by atoms with E-state index in [1.165, 1.54) is 11.1 Å². The number of para-hydroxylation sites is 2. The second-order valence-corrected chi connectivity index (χ2v) is 6.52. The number of anilines is 2. The van der Waals surface area contributed by atoms with Crippen LogP contribution in [0.25, 0.3) is 0 Å². The number of carbonyl (C=O) groups excluding carboxylic acids is 1. The molecule has 2 aromatic carbocycles. The number of nitrogens with zero attached hydrogens (tertiary/aromatic N) is 1. The number of carbonyl (C=O) groups is 1. The molecule has 1 fully saturated rings. The minimum absolute atomic E-state index is 0.0305. The number of hydrogen-bond donors (Lipinski definition) is 2. The molecule has 0 radical (unpaired) electrons. The van der Waals surface area contributed by atoms with Crippen molar-refractivity contribution < 1.29 is 9.53 Å². The summed E-state index contributed by atoms with van der Waals surface area (Å²) in [5.74, 6) is 0.0305. The van der Waals surface area contributed by atoms with Crippen molar-refractivity contribution in [2.75, 3.05) is 43.1 Å². The smallest absolute Gasteiger partial charge is 0.225 e. The van der Waals surface area contributed by atoms with Crippen molar-refractivity contribution in [1.82, 2.24) is 5.32 Å². The monoisotopic (exact) mass is 353 g/mol. The van der Waals surface area contributed by atoms with Crippen molar-refractivity contribution in [3.05, 3.63) is 59.7 Å². The topological polar surface area (TPSA) is 53.6 Å². The quantitative estimate of drug-likeness (QED) is 0.752. The Bertz CT molecular complexity index is 727. The fourth-order valence-electron chi connectivity index (χ4n) is 3.11. The van der Waals surface area contributed by atoms with E-state index in [0.29, 0.717) is 13.0 Å². The van der Waals surface area contributed by atoms with Gasteiger partial charge in [-0.25, -0.2) is 0 Å². The van der Waals surface area contributed by atoms with E-state index in [1.54, 1.807) is 0 Å². The van der Waals surface area contributed by atoms with E-state index < -0.39 is 0 Å². The molecule has 0 unspecified atom stereocenters. The van der Waals surface area contributed by atoms with Gasteiger partial charge in [-0.15, -0.1) is 0 Å². The van der Waals surface area contributed by atoms with E-state index in [-0.39, 0.29) is 5.91 Å². The maximum atomic E-state index is 12.3. The van der Waals surface area contributed by atoms with Crippen LogP contribution in [-0.4, -0.2) is 38.8 Å². The summed E-state index contributed by atoms with van der Waals surface area (Å²) < 4.78 is 5.42. The third kappa shape index (κ3) is 5.07. The standard InChI is InChI=1S/C21H27N3O2/c1-17-6-2-3-7-18(17)16-22-11-10-21(25)23-19-8-4-5-9-20(19)24-12-14-26-15-13-24/h2-9,22H,10-16H2,1H3,(H,23,25). The molecule has 1 aliphatic heterocycles. The van der Waals surface area contributed by atoms with Crippen LogP contribution < -0.4 is 15.5 Å². The van der Waals surface area contributed by atoms with Crippen LogP contribution in [0.2, 0.25) is 0 Å². The maximum absolute atomic E-state index is 12.3. The number of aryl methyl sites for hydroxylation is 1. The number of benzene rings is 2. The SMILES string of the molecule is Cc1ccccc1CNCCC(=O)Nc1ccccc1N1CCOCC1. The molecule has 1 aliphatic rings. The lowest BCUT2D eigenvalue weighted by Crippen LogP contribution is -2.36. The first-order valence-corrected chi connectivity index (χ1v) is 9.21. The van der Waals surface area contributed by atoms with Crippen LogP contribution >= 0.6 is 0 Å². The van der Waals surface area contributed by atoms with Crippen LogP contribution in [0.5, 0.6) is 0 Å². The molecule has 138 valence electrons. The number of ether oxygens (including phenoxy) is 1. The zero-order chi connectivity index (χ0) is 18.2. The van der Waals surface area contributed by atoms with Crippen molar-refractivity contribution in [2.24, 2.45) is 0 Å². The lowest BCUT2D eigenvalue weighted by Gasteiger charge is -2.30. The second kappa shape index (κ2) is 9.36. The summed E-state index contributed by atoms with van der Waals surface area (Å²) >= 11 is 0. The first-order chi connectivity index (χ1) is 12.7. The molecule has 26 heavy (non-hydrogen) atoms. The third-order valence-electron chi connectivity index (χ3n) is 4.64. The molecule has 3 rings (SSSR count). The van der Waals surface area contributed by atoms with Crippen molar-refractivity contribution in [3.63, 3.8) is 0 Å². The Hall–Kier alpha value is -2.37. The summed E-state index contributed by atoms with van der Waals surface area (Å²) in [6.07, 6.45) is 0.448. The van der Waals surface area contributed by atoms with Gasteiger partial charge < -0.3 is 20.3 Å². The van der Waals surface area contributed by atoms with Crippen molar-refractivity contribution >= 4 is 17.3 Å². The van der Waals surface area contributed by atoms with Gasteiger partial charge in [-0.1, -0.05) is 36.4 Å². The van der Waals surface area contributed by atoms with Crippen molar-refractivity contribution in [3.8, 4) is 0 Å². The summed E-state index contributed by atoms with van der Waals surface area (Å²) in [7, 11) is 0. The molecule has 5 nitrogen and oxygen atoms in total. The Morgan fingerprint density at radius 1 is 1.08 bits per heavy atom. The van der Waals surface area contributed by atoms with Gasteiger partial charge in [0.25, 0.3) is 0 Å². The molecule has 2 aromatic rings. The molecular formula is C21H27N3O2. The van der Waals surface area contributed by atoms with Gasteiger partial charge in [0.2, 0.25) is 5.91 Å². The summed E-state index contributed by atoms with van der Waals surface area (Å²) in [6, 6.07) is 16.3. The van der Waals surface area contributed by atoms with Crippen LogP contribution in [0, 0.1) is 6.92 Å². The third-order valence-corrected chi connectivity index (χ3v) is 4.64.